The molecule has 1 N–H and O–H groups in total. The number of nitrogens with zero attached hydrogens (tertiary/aromatic N) is 2. The molecule has 0 saturated carbocycles. The van der Waals surface area contributed by atoms with Crippen LogP contribution in [0, 0.1) is 0 Å². The second-order valence-corrected chi connectivity index (χ2v) is 5.70. The normalized spacial score (nSPS) is 17.3. The van der Waals surface area contributed by atoms with Crippen molar-refractivity contribution >= 4 is 29.3 Å². The van der Waals surface area contributed by atoms with Crippen molar-refractivity contribution in [2.75, 3.05) is 26.7 Å². The van der Waals surface area contributed by atoms with Crippen LogP contribution in [0.5, 0.6) is 0 Å². The van der Waals surface area contributed by atoms with Crippen LogP contribution in [0.1, 0.15) is 9.75 Å². The maximum atomic E-state index is 11.6. The molecule has 0 aromatic carbocycles. The van der Waals surface area contributed by atoms with E-state index >= 15 is 0 Å². The van der Waals surface area contributed by atoms with Crippen molar-refractivity contribution in [1.82, 2.24) is 9.80 Å². The van der Waals surface area contributed by atoms with Gasteiger partial charge in [0.2, 0.25) is 5.91 Å². The van der Waals surface area contributed by atoms with Crippen molar-refractivity contribution in [3.05, 3.63) is 28.0 Å². The number of carboxylic acids is 1. The highest BCUT2D eigenvalue weighted by Gasteiger charge is 2.21. The average Bonchev–Trinajstić information content (AvgIpc) is 2.79. The number of rotatable bonds is 4. The van der Waals surface area contributed by atoms with E-state index in [0.29, 0.717) is 6.54 Å². The van der Waals surface area contributed by atoms with Gasteiger partial charge < -0.3 is 10.0 Å². The molecule has 1 aromatic heterocycles. The fourth-order valence-electron chi connectivity index (χ4n) is 1.88. The van der Waals surface area contributed by atoms with Crippen LogP contribution in [0.25, 0.3) is 6.08 Å². The Bertz CT molecular complexity index is 510. The molecule has 19 heavy (non-hydrogen) atoms. The van der Waals surface area contributed by atoms with Gasteiger partial charge in [-0.05, 0) is 18.2 Å². The third-order valence-electron chi connectivity index (χ3n) is 2.99. The average molecular weight is 280 g/mol. The number of thiophene rings is 1. The minimum absolute atomic E-state index is 0.147. The Morgan fingerprint density at radius 3 is 2.95 bits per heavy atom. The first-order chi connectivity index (χ1) is 9.04. The molecule has 0 atom stereocenters. The summed E-state index contributed by atoms with van der Waals surface area (Å²) < 4.78 is 0. The van der Waals surface area contributed by atoms with Crippen molar-refractivity contribution in [3.8, 4) is 0 Å². The summed E-state index contributed by atoms with van der Waals surface area (Å²) in [4.78, 5) is 27.9. The minimum atomic E-state index is -0.945. The van der Waals surface area contributed by atoms with Gasteiger partial charge >= 0.3 is 5.97 Å². The molecule has 2 heterocycles. The number of hydrogen-bond acceptors (Lipinski definition) is 4. The van der Waals surface area contributed by atoms with Crippen molar-refractivity contribution in [2.24, 2.45) is 0 Å². The lowest BCUT2D eigenvalue weighted by molar-refractivity contribution is -0.134. The molecular formula is C13H16N2O3S. The van der Waals surface area contributed by atoms with Gasteiger partial charge in [-0.1, -0.05) is 0 Å². The summed E-state index contributed by atoms with van der Waals surface area (Å²) in [6.45, 7) is 2.83. The van der Waals surface area contributed by atoms with Crippen molar-refractivity contribution < 1.29 is 14.7 Å². The second-order valence-electron chi connectivity index (χ2n) is 4.50. The lowest BCUT2D eigenvalue weighted by Gasteiger charge is -2.31. The molecule has 1 aliphatic rings. The van der Waals surface area contributed by atoms with Crippen molar-refractivity contribution in [2.45, 2.75) is 6.54 Å². The van der Waals surface area contributed by atoms with Crippen LogP contribution >= 0.6 is 11.3 Å². The predicted molar refractivity (Wildman–Crippen MR) is 73.9 cm³/mol. The second kappa shape index (κ2) is 5.99. The smallest absolute Gasteiger partial charge is 0.328 e. The van der Waals surface area contributed by atoms with Gasteiger partial charge in [-0.15, -0.1) is 11.3 Å². The minimum Gasteiger partial charge on any atom is -0.478 e. The van der Waals surface area contributed by atoms with Crippen molar-refractivity contribution in [3.63, 3.8) is 0 Å². The summed E-state index contributed by atoms with van der Waals surface area (Å²) in [7, 11) is 1.82. The number of likely N-dealkylation sites (N-methyl/N-ethyl adjacent to an activating group) is 1. The Balaban J connectivity index is 1.93. The Morgan fingerprint density at radius 1 is 1.47 bits per heavy atom. The Hall–Kier alpha value is -1.66. The third-order valence-corrected chi connectivity index (χ3v) is 4.02. The molecule has 102 valence electrons. The molecule has 1 aliphatic heterocycles. The van der Waals surface area contributed by atoms with Crippen LogP contribution < -0.4 is 0 Å². The molecule has 1 aromatic rings. The zero-order chi connectivity index (χ0) is 13.8. The van der Waals surface area contributed by atoms with E-state index in [0.717, 1.165) is 35.5 Å². The number of carbonyl (C=O) groups excluding carboxylic acids is 1. The molecule has 0 spiro atoms. The van der Waals surface area contributed by atoms with Crippen LogP contribution in [0.2, 0.25) is 0 Å². The number of aliphatic carboxylic acids is 1. The van der Waals surface area contributed by atoms with Crippen LogP contribution in [0.3, 0.4) is 0 Å². The highest BCUT2D eigenvalue weighted by atomic mass is 32.1. The maximum Gasteiger partial charge on any atom is 0.328 e. The SMILES string of the molecule is CN1CCN(Cc2ccc(C=CC(=O)O)s2)CC1=O. The Labute approximate surface area is 115 Å². The maximum absolute atomic E-state index is 11.6. The number of carboxylic acid groups (broad SMARTS) is 1. The van der Waals surface area contributed by atoms with Gasteiger partial charge in [0.05, 0.1) is 6.54 Å². The van der Waals surface area contributed by atoms with Gasteiger partial charge in [0.15, 0.2) is 0 Å². The van der Waals surface area contributed by atoms with Gasteiger partial charge in [0, 0.05) is 42.5 Å². The van der Waals surface area contributed by atoms with E-state index in [1.54, 1.807) is 22.3 Å². The molecule has 1 saturated heterocycles. The van der Waals surface area contributed by atoms with Crippen LogP contribution in [0.4, 0.5) is 0 Å². The van der Waals surface area contributed by atoms with Gasteiger partial charge in [-0.2, -0.15) is 0 Å². The monoisotopic (exact) mass is 280 g/mol. The Morgan fingerprint density at radius 2 is 2.26 bits per heavy atom. The van der Waals surface area contributed by atoms with Gasteiger partial charge in [-0.3, -0.25) is 9.69 Å². The highest BCUT2D eigenvalue weighted by Crippen LogP contribution is 2.20. The van der Waals surface area contributed by atoms with Crippen molar-refractivity contribution in [1.29, 1.82) is 0 Å². The van der Waals surface area contributed by atoms with E-state index < -0.39 is 5.97 Å². The van der Waals surface area contributed by atoms with E-state index in [1.165, 1.54) is 0 Å². The van der Waals surface area contributed by atoms with E-state index in [1.807, 2.05) is 19.2 Å². The molecule has 0 bridgehead atoms. The molecule has 1 amide bonds. The molecule has 2 rings (SSSR count). The zero-order valence-corrected chi connectivity index (χ0v) is 11.5. The first-order valence-electron chi connectivity index (χ1n) is 6.00. The summed E-state index contributed by atoms with van der Waals surface area (Å²) in [5.41, 5.74) is 0. The van der Waals surface area contributed by atoms with E-state index in [2.05, 4.69) is 4.90 Å². The lowest BCUT2D eigenvalue weighted by Crippen LogP contribution is -2.47. The zero-order valence-electron chi connectivity index (χ0n) is 10.7. The van der Waals surface area contributed by atoms with Crippen LogP contribution in [-0.4, -0.2) is 53.5 Å². The largest absolute Gasteiger partial charge is 0.478 e. The van der Waals surface area contributed by atoms with Crippen LogP contribution in [0.15, 0.2) is 18.2 Å². The molecule has 0 unspecified atom stereocenters. The van der Waals surface area contributed by atoms with E-state index in [-0.39, 0.29) is 5.91 Å². The summed E-state index contributed by atoms with van der Waals surface area (Å²) in [5, 5.41) is 8.56. The highest BCUT2D eigenvalue weighted by molar-refractivity contribution is 7.12. The lowest BCUT2D eigenvalue weighted by atomic mass is 10.3. The van der Waals surface area contributed by atoms with Gasteiger partial charge in [-0.25, -0.2) is 4.79 Å². The summed E-state index contributed by atoms with van der Waals surface area (Å²) >= 11 is 1.55. The molecule has 1 fully saturated rings. The standard InChI is InChI=1S/C13H16N2O3S/c1-14-6-7-15(9-12(14)16)8-11-3-2-10(19-11)4-5-13(17)18/h2-5H,6-9H2,1H3,(H,17,18). The van der Waals surface area contributed by atoms with E-state index in [9.17, 15) is 9.59 Å². The molecule has 0 aliphatic carbocycles. The predicted octanol–water partition coefficient (Wildman–Crippen LogP) is 1.12. The van der Waals surface area contributed by atoms with Crippen LogP contribution in [-0.2, 0) is 16.1 Å². The quantitative estimate of drug-likeness (QED) is 0.840. The number of amides is 1. The summed E-state index contributed by atoms with van der Waals surface area (Å²) in [6.07, 6.45) is 2.72. The fourth-order valence-corrected chi connectivity index (χ4v) is 2.84. The molecule has 6 heteroatoms. The first kappa shape index (κ1) is 13.8. The molecular weight excluding hydrogens is 264 g/mol. The van der Waals surface area contributed by atoms with E-state index in [4.69, 9.17) is 5.11 Å². The molecule has 0 radical (unpaired) electrons. The third kappa shape index (κ3) is 3.90. The summed E-state index contributed by atoms with van der Waals surface area (Å²) in [6, 6.07) is 3.88. The topological polar surface area (TPSA) is 60.9 Å². The summed E-state index contributed by atoms with van der Waals surface area (Å²) in [5.74, 6) is -0.798. The Kier molecular flexibility index (Phi) is 4.34. The first-order valence-corrected chi connectivity index (χ1v) is 6.82. The fraction of sp³-hybridized carbons (Fsp3) is 0.385. The molecule has 5 nitrogen and oxygen atoms in total. The number of hydrogen-bond donors (Lipinski definition) is 1. The van der Waals surface area contributed by atoms with Gasteiger partial charge in [0.1, 0.15) is 0 Å². The number of carbonyl (C=O) groups is 2. The van der Waals surface area contributed by atoms with Gasteiger partial charge in [0.25, 0.3) is 0 Å². The number of piperazine rings is 1.